The van der Waals surface area contributed by atoms with Crippen LogP contribution in [0.5, 0.6) is 5.75 Å². The zero-order valence-corrected chi connectivity index (χ0v) is 17.1. The highest BCUT2D eigenvalue weighted by Gasteiger charge is 2.62. The van der Waals surface area contributed by atoms with Crippen LogP contribution in [-0.4, -0.2) is 32.0 Å². The maximum Gasteiger partial charge on any atom is 0.419 e. The van der Waals surface area contributed by atoms with Gasteiger partial charge in [0.25, 0.3) is 0 Å². The average Bonchev–Trinajstić information content (AvgIpc) is 2.72. The topological polar surface area (TPSA) is 78.3 Å². The molecule has 0 bridgehead atoms. The minimum Gasteiger partial charge on any atom is -0.505 e. The van der Waals surface area contributed by atoms with Crippen LogP contribution in [0.25, 0.3) is 10.9 Å². The molecule has 10 heteroatoms. The highest BCUT2D eigenvalue weighted by molar-refractivity contribution is 5.91. The van der Waals surface area contributed by atoms with E-state index in [1.54, 1.807) is 26.0 Å². The first-order valence-corrected chi connectivity index (χ1v) is 9.96. The molecule has 1 aliphatic carbocycles. The number of aromatic hydroxyl groups is 1. The van der Waals surface area contributed by atoms with Crippen molar-refractivity contribution < 1.29 is 32.2 Å². The summed E-state index contributed by atoms with van der Waals surface area (Å²) in [6.45, 7) is 3.20. The van der Waals surface area contributed by atoms with Gasteiger partial charge in [0, 0.05) is 22.8 Å². The Bertz CT molecular complexity index is 1200. The minimum atomic E-state index is -5.10. The van der Waals surface area contributed by atoms with Gasteiger partial charge < -0.3 is 15.5 Å². The van der Waals surface area contributed by atoms with Crippen molar-refractivity contribution in [2.45, 2.75) is 50.4 Å². The van der Waals surface area contributed by atoms with Gasteiger partial charge >= 0.3 is 6.18 Å². The second-order valence-corrected chi connectivity index (χ2v) is 7.99. The Morgan fingerprint density at radius 1 is 1.25 bits per heavy atom. The molecule has 0 saturated heterocycles. The minimum absolute atomic E-state index is 0.0676. The highest BCUT2D eigenvalue weighted by atomic mass is 19.4. The summed E-state index contributed by atoms with van der Waals surface area (Å²) in [5.74, 6) is -4.67. The third-order valence-corrected chi connectivity index (χ3v) is 6.05. The number of aryl methyl sites for hydroxylation is 1. The summed E-state index contributed by atoms with van der Waals surface area (Å²) in [5.41, 5.74) is -3.20. The molecule has 0 aliphatic heterocycles. The zero-order chi connectivity index (χ0) is 23.4. The van der Waals surface area contributed by atoms with Crippen molar-refractivity contribution in [3.05, 3.63) is 59.0 Å². The lowest BCUT2D eigenvalue weighted by Gasteiger charge is -2.45. The molecule has 1 heterocycles. The van der Waals surface area contributed by atoms with Crippen LogP contribution in [0.3, 0.4) is 0 Å². The standard InChI is InChI=1S/C22H20F5N3O2/c1-3-11-8-21(32,22(25,26)27)20(12-7-14(23)18(24)19(31)17(11)12)30-16-6-4-5-15-13(16)9-28-10(2)29-15/h4-7,9,11,20,30-32H,3,8H2,1-2H3/t11-,20?,21-/m1/s1. The summed E-state index contributed by atoms with van der Waals surface area (Å²) in [6, 6.07) is 3.36. The van der Waals surface area contributed by atoms with Crippen LogP contribution in [0.15, 0.2) is 30.5 Å². The SMILES string of the molecule is CC[C@@H]1C[C@](O)(C(F)(F)F)C(Nc2cccc3nc(C)ncc23)c2cc(F)c(F)c(O)c21. The maximum atomic E-state index is 14.2. The molecule has 32 heavy (non-hydrogen) atoms. The van der Waals surface area contributed by atoms with Crippen LogP contribution in [0.4, 0.5) is 27.6 Å². The molecule has 5 nitrogen and oxygen atoms in total. The normalized spacial score (nSPS) is 23.2. The van der Waals surface area contributed by atoms with E-state index in [9.17, 15) is 32.2 Å². The second-order valence-electron chi connectivity index (χ2n) is 7.99. The van der Waals surface area contributed by atoms with Gasteiger partial charge in [-0.1, -0.05) is 13.0 Å². The van der Waals surface area contributed by atoms with Crippen molar-refractivity contribution in [1.82, 2.24) is 9.97 Å². The molecule has 170 valence electrons. The Kier molecular flexibility index (Phi) is 5.23. The van der Waals surface area contributed by atoms with Crippen LogP contribution in [0.2, 0.25) is 0 Å². The van der Waals surface area contributed by atoms with E-state index in [1.807, 2.05) is 0 Å². The second kappa shape index (κ2) is 7.54. The van der Waals surface area contributed by atoms with Gasteiger partial charge in [0.2, 0.25) is 5.82 Å². The smallest absolute Gasteiger partial charge is 0.419 e. The van der Waals surface area contributed by atoms with Gasteiger partial charge in [-0.05, 0) is 49.4 Å². The molecule has 0 fully saturated rings. The molecule has 3 aromatic rings. The number of anilines is 1. The van der Waals surface area contributed by atoms with Gasteiger partial charge in [0.05, 0.1) is 11.6 Å². The van der Waals surface area contributed by atoms with Crippen molar-refractivity contribution in [1.29, 1.82) is 0 Å². The van der Waals surface area contributed by atoms with Crippen molar-refractivity contribution >= 4 is 16.6 Å². The summed E-state index contributed by atoms with van der Waals surface area (Å²) in [6.07, 6.45) is -4.45. The highest BCUT2D eigenvalue weighted by Crippen LogP contribution is 2.55. The number of nitrogens with zero attached hydrogens (tertiary/aromatic N) is 2. The average molecular weight is 453 g/mol. The molecule has 1 aromatic heterocycles. The lowest BCUT2D eigenvalue weighted by molar-refractivity contribution is -0.272. The van der Waals surface area contributed by atoms with Crippen LogP contribution in [-0.2, 0) is 0 Å². The molecule has 0 amide bonds. The van der Waals surface area contributed by atoms with Crippen LogP contribution >= 0.6 is 0 Å². The van der Waals surface area contributed by atoms with Gasteiger partial charge in [0.15, 0.2) is 17.2 Å². The lowest BCUT2D eigenvalue weighted by atomic mass is 9.69. The molecule has 0 spiro atoms. The quantitative estimate of drug-likeness (QED) is 0.471. The van der Waals surface area contributed by atoms with E-state index < -0.39 is 47.5 Å². The first-order chi connectivity index (χ1) is 15.0. The van der Waals surface area contributed by atoms with Crippen molar-refractivity contribution in [3.63, 3.8) is 0 Å². The molecule has 1 unspecified atom stereocenters. The fourth-order valence-electron chi connectivity index (χ4n) is 4.42. The van der Waals surface area contributed by atoms with Crippen molar-refractivity contribution in [3.8, 4) is 5.75 Å². The fraction of sp³-hybridized carbons (Fsp3) is 0.364. The number of hydrogen-bond donors (Lipinski definition) is 3. The summed E-state index contributed by atoms with van der Waals surface area (Å²) in [7, 11) is 0. The Morgan fingerprint density at radius 3 is 2.62 bits per heavy atom. The number of phenolic OH excluding ortho intramolecular Hbond substituents is 1. The summed E-state index contributed by atoms with van der Waals surface area (Å²) < 4.78 is 70.9. The van der Waals surface area contributed by atoms with E-state index in [0.717, 1.165) is 0 Å². The number of phenols is 1. The number of rotatable bonds is 3. The van der Waals surface area contributed by atoms with E-state index >= 15 is 0 Å². The van der Waals surface area contributed by atoms with Gasteiger partial charge in [-0.15, -0.1) is 0 Å². The Balaban J connectivity index is 1.96. The molecule has 2 aromatic carbocycles. The van der Waals surface area contributed by atoms with Gasteiger partial charge in [-0.3, -0.25) is 0 Å². The van der Waals surface area contributed by atoms with E-state index in [1.165, 1.54) is 12.3 Å². The number of hydrogen-bond acceptors (Lipinski definition) is 5. The summed E-state index contributed by atoms with van der Waals surface area (Å²) >= 11 is 0. The number of nitrogens with one attached hydrogen (secondary N) is 1. The molecular formula is C22H20F5N3O2. The summed E-state index contributed by atoms with van der Waals surface area (Å²) in [4.78, 5) is 8.31. The molecule has 0 radical (unpaired) electrons. The fourth-order valence-corrected chi connectivity index (χ4v) is 4.42. The monoisotopic (exact) mass is 453 g/mol. The maximum absolute atomic E-state index is 14.2. The third kappa shape index (κ3) is 3.33. The van der Waals surface area contributed by atoms with E-state index in [4.69, 9.17) is 0 Å². The molecular weight excluding hydrogens is 433 g/mol. The predicted octanol–water partition coefficient (Wildman–Crippen LogP) is 5.27. The molecule has 0 saturated carbocycles. The van der Waals surface area contributed by atoms with Crippen LogP contribution in [0, 0.1) is 18.6 Å². The number of aromatic nitrogens is 2. The van der Waals surface area contributed by atoms with E-state index in [0.29, 0.717) is 22.8 Å². The van der Waals surface area contributed by atoms with Crippen LogP contribution < -0.4 is 5.32 Å². The lowest BCUT2D eigenvalue weighted by Crippen LogP contribution is -2.55. The van der Waals surface area contributed by atoms with Gasteiger partial charge in [0.1, 0.15) is 5.82 Å². The van der Waals surface area contributed by atoms with Crippen molar-refractivity contribution in [2.24, 2.45) is 0 Å². The van der Waals surface area contributed by atoms with Crippen molar-refractivity contribution in [2.75, 3.05) is 5.32 Å². The summed E-state index contributed by atoms with van der Waals surface area (Å²) in [5, 5.41) is 24.2. The zero-order valence-electron chi connectivity index (χ0n) is 17.1. The van der Waals surface area contributed by atoms with E-state index in [-0.39, 0.29) is 23.2 Å². The number of fused-ring (bicyclic) bond motifs is 2. The molecule has 1 aliphatic rings. The third-order valence-electron chi connectivity index (χ3n) is 6.05. The number of alkyl halides is 3. The van der Waals surface area contributed by atoms with Crippen LogP contribution in [0.1, 0.15) is 48.7 Å². The first-order valence-electron chi connectivity index (χ1n) is 9.96. The van der Waals surface area contributed by atoms with Gasteiger partial charge in [-0.25, -0.2) is 14.4 Å². The first kappa shape index (κ1) is 22.2. The van der Waals surface area contributed by atoms with Gasteiger partial charge in [-0.2, -0.15) is 17.6 Å². The number of aliphatic hydroxyl groups is 1. The predicted molar refractivity (Wildman–Crippen MR) is 107 cm³/mol. The number of halogens is 5. The Hall–Kier alpha value is -3.01. The van der Waals surface area contributed by atoms with E-state index in [2.05, 4.69) is 15.3 Å². The largest absolute Gasteiger partial charge is 0.505 e. The Morgan fingerprint density at radius 2 is 1.97 bits per heavy atom. The number of benzene rings is 2. The Labute approximate surface area is 179 Å². The molecule has 3 atom stereocenters. The molecule has 3 N–H and O–H groups in total. The molecule has 4 rings (SSSR count).